The number of aliphatic hydroxyl groups excluding tert-OH is 6. The van der Waals surface area contributed by atoms with Gasteiger partial charge < -0.3 is 97.0 Å². The Bertz CT molecular complexity index is 4020. The minimum atomic E-state index is -2.18. The van der Waals surface area contributed by atoms with Gasteiger partial charge in [-0.1, -0.05) is 105 Å². The molecule has 104 heavy (non-hydrogen) atoms. The van der Waals surface area contributed by atoms with E-state index in [2.05, 4.69) is 54.3 Å². The number of aromatic hydroxyl groups is 1. The molecule has 30 nitrogen and oxygen atoms in total. The molecule has 1 aliphatic carbocycles. The molecule has 1 aromatic heterocycles. The molecule has 31 heteroatoms. The molecule has 0 bridgehead atoms. The minimum absolute atomic E-state index is 0.00882. The topological polar surface area (TPSA) is 439 Å². The van der Waals surface area contributed by atoms with Crippen LogP contribution >= 0.6 is 11.3 Å². The molecule has 554 valence electrons. The van der Waals surface area contributed by atoms with Gasteiger partial charge in [0.05, 0.1) is 43.2 Å². The Morgan fingerprint density at radius 2 is 1.34 bits per heavy atom. The third kappa shape index (κ3) is 18.4. The molecule has 13 atom stereocenters. The van der Waals surface area contributed by atoms with Crippen molar-refractivity contribution in [3.05, 3.63) is 138 Å². The number of aromatic nitrogens is 2. The zero-order valence-corrected chi connectivity index (χ0v) is 58.5. The quantitative estimate of drug-likeness (QED) is 0.0424. The fraction of sp³-hybridized carbons (Fsp3) is 0.438. The molecular formula is C73H87N11O19S. The average Bonchev–Trinajstić information content (AvgIpc) is 1.61. The lowest BCUT2D eigenvalue weighted by Crippen LogP contribution is -2.64. The molecule has 3 saturated heterocycles. The summed E-state index contributed by atoms with van der Waals surface area (Å²) in [5.74, 6) is -9.72. The number of hydrogen-bond donors (Lipinski definition) is 14. The Labute approximate surface area is 602 Å². The number of nitrogens with one attached hydrogen (secondary N) is 7. The predicted molar refractivity (Wildman–Crippen MR) is 376 cm³/mol. The van der Waals surface area contributed by atoms with Crippen molar-refractivity contribution in [2.24, 2.45) is 5.92 Å². The van der Waals surface area contributed by atoms with E-state index >= 15 is 9.59 Å². The normalized spacial score (nSPS) is 23.4. The molecule has 5 aromatic carbocycles. The van der Waals surface area contributed by atoms with E-state index in [4.69, 9.17) is 14.2 Å². The number of likely N-dealkylation sites (N-methyl/N-ethyl adjacent to an activating group) is 1. The van der Waals surface area contributed by atoms with E-state index in [-0.39, 0.29) is 35.9 Å². The molecule has 3 aliphatic heterocycles. The Morgan fingerprint density at radius 1 is 0.702 bits per heavy atom. The number of alkyl carbamates (subject to hydrolysis) is 1. The largest absolute Gasteiger partial charge is 0.504 e. The number of phenolic OH excluding ortho intramolecular Hbond substituents is 1. The molecule has 0 spiro atoms. The van der Waals surface area contributed by atoms with Crippen molar-refractivity contribution in [2.45, 2.75) is 145 Å². The van der Waals surface area contributed by atoms with E-state index in [0.717, 1.165) is 75.6 Å². The van der Waals surface area contributed by atoms with Gasteiger partial charge in [0.25, 0.3) is 11.8 Å². The Morgan fingerprint density at radius 3 is 1.99 bits per heavy atom. The number of hydrogen-bond acceptors (Lipinski definition) is 22. The van der Waals surface area contributed by atoms with Gasteiger partial charge in [-0.3, -0.25) is 38.4 Å². The van der Waals surface area contributed by atoms with Gasteiger partial charge in [0, 0.05) is 81.0 Å². The number of β-amino-alcohol motifs (C(OH)–C–C–N with tert-alkyl or cyclic N) is 1. The molecule has 4 heterocycles. The van der Waals surface area contributed by atoms with E-state index in [1.54, 1.807) is 12.1 Å². The highest BCUT2D eigenvalue weighted by atomic mass is 32.1. The van der Waals surface area contributed by atoms with Crippen molar-refractivity contribution < 1.29 is 93.1 Å². The zero-order chi connectivity index (χ0) is 74.5. The number of unbranched alkanes of at least 4 members (excludes halogenated alkanes) is 2. The summed E-state index contributed by atoms with van der Waals surface area (Å²) in [7, 11) is 1.35. The van der Waals surface area contributed by atoms with E-state index in [1.807, 2.05) is 72.8 Å². The number of nitrogens with zero attached hydrogens (tertiary/aromatic N) is 4. The summed E-state index contributed by atoms with van der Waals surface area (Å²) in [4.78, 5) is 131. The second-order valence-electron chi connectivity index (χ2n) is 26.4. The maximum Gasteiger partial charge on any atom is 0.407 e. The third-order valence-electron chi connectivity index (χ3n) is 18.8. The summed E-state index contributed by atoms with van der Waals surface area (Å²) in [5.41, 5.74) is 5.35. The van der Waals surface area contributed by atoms with Gasteiger partial charge >= 0.3 is 6.09 Å². The van der Waals surface area contributed by atoms with Crippen LogP contribution in [0.25, 0.3) is 32.3 Å². The summed E-state index contributed by atoms with van der Waals surface area (Å²) < 4.78 is 17.0. The molecule has 4 aliphatic rings. The minimum Gasteiger partial charge on any atom is -0.504 e. The van der Waals surface area contributed by atoms with Gasteiger partial charge in [-0.05, 0) is 96.1 Å². The Kier molecular flexibility index (Phi) is 25.7. The Balaban J connectivity index is 0.925. The fourth-order valence-electron chi connectivity index (χ4n) is 13.1. The number of aliphatic hydroxyl groups is 6. The predicted octanol–water partition coefficient (Wildman–Crippen LogP) is 1.15. The smallest absolute Gasteiger partial charge is 0.407 e. The first-order valence-electron chi connectivity index (χ1n) is 34.5. The van der Waals surface area contributed by atoms with Crippen LogP contribution < -0.4 is 46.7 Å². The highest BCUT2D eigenvalue weighted by molar-refractivity contribution is 7.17. The number of benzene rings is 5. The van der Waals surface area contributed by atoms with Crippen LogP contribution in [0.4, 0.5) is 4.79 Å². The summed E-state index contributed by atoms with van der Waals surface area (Å²) in [6.07, 6.45) is -10.8. The molecular weight excluding hydrogens is 1370 g/mol. The van der Waals surface area contributed by atoms with Crippen molar-refractivity contribution in [3.8, 4) is 49.5 Å². The van der Waals surface area contributed by atoms with E-state index in [0.29, 0.717) is 22.2 Å². The summed E-state index contributed by atoms with van der Waals surface area (Å²) in [6.45, 7) is 2.62. The van der Waals surface area contributed by atoms with Crippen LogP contribution in [0.1, 0.15) is 92.3 Å². The lowest BCUT2D eigenvalue weighted by atomic mass is 9.98. The molecule has 3 fully saturated rings. The standard InChI is InChI=1S/C73H87N11O19S/c1-5-6-11-28-101-46-23-21-43(22-24-46)70-82-81-69(104-70)42-19-17-41(18-20-42)64(93)77-52-31-44(86)33-76-68(97)62-63(92)38(2)34-84(62)72(99)61(55(89)26-27-75-73(100)103-36-51-49-14-9-7-12-47(49)48-13-8-10-15-50(48)51)80-67(96)60(56(90)29-40-16-25-54(88)57(30-40)102-37-58(91)74-4)79-66(95)53-32-45(87)35-83(53)71(98)59(39(3)85)78-65(52)94/h7-10,12-25,30,38-39,44-45,51-53,55-56,59-63,85-90,92H,5-6,11,26-29,31-37H2,1-4H3,(H,74,91)(H,75,100)(H,76,97)(H,77,93)(H,78,94)(H,79,95)(H,80,96)/t38-,39+,44+,45+,52?,53-,55+,56+,59-,60-,61-,62-,63-/m0/s1. The van der Waals surface area contributed by atoms with Gasteiger partial charge in [0.15, 0.2) is 18.1 Å². The van der Waals surface area contributed by atoms with Gasteiger partial charge in [-0.25, -0.2) is 4.79 Å². The number of carbonyl (C=O) groups is 9. The maximum absolute atomic E-state index is 15.3. The summed E-state index contributed by atoms with van der Waals surface area (Å²) in [5, 5.41) is 108. The van der Waals surface area contributed by atoms with Crippen LogP contribution in [-0.4, -0.2) is 235 Å². The Hall–Kier alpha value is -10.1. The monoisotopic (exact) mass is 1450 g/mol. The highest BCUT2D eigenvalue weighted by Gasteiger charge is 2.50. The first-order chi connectivity index (χ1) is 49.9. The number of amides is 9. The second kappa shape index (κ2) is 34.9. The van der Waals surface area contributed by atoms with Crippen LogP contribution in [0.5, 0.6) is 17.2 Å². The maximum atomic E-state index is 15.3. The third-order valence-corrected chi connectivity index (χ3v) is 19.9. The molecule has 10 rings (SSSR count). The summed E-state index contributed by atoms with van der Waals surface area (Å²) in [6, 6.07) is 21.0. The van der Waals surface area contributed by atoms with Gasteiger partial charge in [-0.15, -0.1) is 10.2 Å². The number of ether oxygens (including phenoxy) is 3. The van der Waals surface area contributed by atoms with Crippen LogP contribution in [0, 0.1) is 5.92 Å². The van der Waals surface area contributed by atoms with Crippen LogP contribution in [0.15, 0.2) is 115 Å². The second-order valence-corrected chi connectivity index (χ2v) is 27.4. The van der Waals surface area contributed by atoms with Crippen molar-refractivity contribution >= 4 is 64.7 Å². The fourth-order valence-corrected chi connectivity index (χ4v) is 14.0. The SMILES string of the molecule is CCCCCOc1ccc(-c2nnc(-c3ccc(C(=O)NC4C[C@@H](O)CNC(=O)[C@@H]5[C@@H](O)[C@@H](C)CN5C(=O)[C@H]([C@H](O)CCNC(=O)OCC5c6ccccc6-c6ccccc65)NC(=O)[C@H]([C@H](O)Cc5ccc(O)c(OCC(=O)NC)c5)NC(=O)[C@@H]5C[C@@H](O)CN5C(=O)[C@H]([C@@H](C)O)NC4=O)cc3)s2)cc1. The first kappa shape index (κ1) is 76.5. The number of carbonyl (C=O) groups excluding carboxylic acids is 9. The molecule has 14 N–H and O–H groups in total. The number of fused-ring (bicyclic) bond motifs is 5. The first-order valence-corrected chi connectivity index (χ1v) is 35.3. The van der Waals surface area contributed by atoms with Gasteiger partial charge in [-0.2, -0.15) is 0 Å². The van der Waals surface area contributed by atoms with E-state index in [9.17, 15) is 69.3 Å². The molecule has 1 unspecified atom stereocenters. The molecule has 0 saturated carbocycles. The number of rotatable bonds is 22. The molecule has 6 aromatic rings. The van der Waals surface area contributed by atoms with E-state index in [1.165, 1.54) is 49.6 Å². The van der Waals surface area contributed by atoms with Crippen LogP contribution in [0.3, 0.4) is 0 Å². The zero-order valence-electron chi connectivity index (χ0n) is 57.7. The summed E-state index contributed by atoms with van der Waals surface area (Å²) >= 11 is 1.29. The lowest BCUT2D eigenvalue weighted by Gasteiger charge is -2.34. The molecule has 9 amide bonds. The van der Waals surface area contributed by atoms with Gasteiger partial charge in [0.1, 0.15) is 58.6 Å². The van der Waals surface area contributed by atoms with Crippen molar-refractivity contribution in [2.75, 3.05) is 53.0 Å². The highest BCUT2D eigenvalue weighted by Crippen LogP contribution is 2.45. The van der Waals surface area contributed by atoms with Crippen molar-refractivity contribution in [1.29, 1.82) is 0 Å². The lowest BCUT2D eigenvalue weighted by molar-refractivity contribution is -0.147. The van der Waals surface area contributed by atoms with Gasteiger partial charge in [0.2, 0.25) is 35.4 Å². The van der Waals surface area contributed by atoms with Crippen molar-refractivity contribution in [3.63, 3.8) is 0 Å². The van der Waals surface area contributed by atoms with Crippen molar-refractivity contribution in [1.82, 2.24) is 57.2 Å². The molecule has 0 radical (unpaired) electrons. The van der Waals surface area contributed by atoms with Crippen LogP contribution in [-0.2, 0) is 44.7 Å². The average molecular weight is 1450 g/mol. The van der Waals surface area contributed by atoms with E-state index < -0.39 is 190 Å². The number of phenols is 1. The van der Waals surface area contributed by atoms with Crippen LogP contribution in [0.2, 0.25) is 0 Å².